The second-order valence-corrected chi connectivity index (χ2v) is 17.3. The number of thioether (sulfide) groups is 1. The van der Waals surface area contributed by atoms with Crippen LogP contribution >= 0.6 is 23.1 Å². The molecule has 1 aromatic heterocycles. The number of carbonyl (C=O) groups is 1. The van der Waals surface area contributed by atoms with Crippen molar-refractivity contribution in [3.05, 3.63) is 78.0 Å². The molecule has 1 N–H and O–H groups in total. The molecular weight excluding hydrogens is 529 g/mol. The molecule has 3 rings (SSSR count). The average Bonchev–Trinajstić information content (AvgIpc) is 2.80. The van der Waals surface area contributed by atoms with Crippen LogP contribution in [0.5, 0.6) is 0 Å². The van der Waals surface area contributed by atoms with Gasteiger partial charge < -0.3 is 5.11 Å². The lowest BCUT2D eigenvalue weighted by Gasteiger charge is -2.27. The summed E-state index contributed by atoms with van der Waals surface area (Å²) < 4.78 is 0. The molecule has 0 atom stereocenters. The maximum absolute atomic E-state index is 13.3. The largest absolute Gasteiger partial charge is 0.506 e. The molecule has 2 nitrogen and oxygen atoms in total. The van der Waals surface area contributed by atoms with Gasteiger partial charge >= 0.3 is 0 Å². The molecule has 0 saturated carbocycles. The molecule has 0 unspecified atom stereocenters. The first kappa shape index (κ1) is 32.6. The zero-order chi connectivity index (χ0) is 29.8. The van der Waals surface area contributed by atoms with Gasteiger partial charge in [0.25, 0.3) is 0 Å². The van der Waals surface area contributed by atoms with E-state index < -0.39 is 0 Å². The Bertz CT molecular complexity index is 1190. The van der Waals surface area contributed by atoms with E-state index in [0.717, 1.165) is 49.7 Å². The number of hydrogen-bond acceptors (Lipinski definition) is 3. The highest BCUT2D eigenvalue weighted by molar-refractivity contribution is 8.06. The minimum Gasteiger partial charge on any atom is -0.506 e. The van der Waals surface area contributed by atoms with E-state index in [2.05, 4.69) is 93.5 Å². The number of hydrogen-bond donors (Lipinski definition) is 1. The fraction of sp³-hybridized carbons (Fsp3) is 0.556. The molecule has 0 bridgehead atoms. The van der Waals surface area contributed by atoms with Gasteiger partial charge in [0.2, 0.25) is 26.9 Å². The summed E-state index contributed by atoms with van der Waals surface area (Å²) in [5.74, 6) is 1.35. The molecule has 218 valence electrons. The second-order valence-electron chi connectivity index (χ2n) is 14.8. The van der Waals surface area contributed by atoms with Crippen LogP contribution in [0.4, 0.5) is 0 Å². The van der Waals surface area contributed by atoms with Crippen LogP contribution in [0.25, 0.3) is 6.08 Å². The summed E-state index contributed by atoms with van der Waals surface area (Å²) in [6, 6.07) is 4.41. The molecule has 0 spiro atoms. The maximum atomic E-state index is 13.3. The van der Waals surface area contributed by atoms with Crippen LogP contribution in [-0.4, -0.2) is 10.9 Å². The molecule has 1 aliphatic heterocycles. The minimum atomic E-state index is -0.0697. The van der Waals surface area contributed by atoms with Gasteiger partial charge in [-0.1, -0.05) is 81.0 Å². The van der Waals surface area contributed by atoms with Gasteiger partial charge in [-0.2, -0.15) is 0 Å². The predicted molar refractivity (Wildman–Crippen MR) is 178 cm³/mol. The zero-order valence-electron chi connectivity index (χ0n) is 26.5. The van der Waals surface area contributed by atoms with Crippen molar-refractivity contribution in [2.45, 2.75) is 108 Å². The van der Waals surface area contributed by atoms with Gasteiger partial charge in [-0.25, -0.2) is 0 Å². The molecule has 2 aliphatic rings. The fourth-order valence-electron chi connectivity index (χ4n) is 4.82. The third-order valence-corrected chi connectivity index (χ3v) is 9.02. The Morgan fingerprint density at radius 3 is 1.70 bits per heavy atom. The van der Waals surface area contributed by atoms with Crippen molar-refractivity contribution < 1.29 is 9.90 Å². The molecule has 0 fully saturated rings. The van der Waals surface area contributed by atoms with Gasteiger partial charge in [0.05, 0.1) is 11.1 Å². The van der Waals surface area contributed by atoms with E-state index in [9.17, 15) is 9.90 Å². The molecule has 40 heavy (non-hydrogen) atoms. The minimum absolute atomic E-state index is 0.0697. The quantitative estimate of drug-likeness (QED) is 0.221. The standard InChI is InChI=1S/C36H50O2S2/c1-23(2)11-13-27-15-25(16-28(39-27)14-12-24(3)4)19-31-33(37)32(34(31)38)20-26-17-29(21-35(5,6)7)40-30(18-26)22-36(8,9)10/h15-20,23-24H,11-14,21-22H2,1-10H3/p+1. The number of aliphatic hydroxyl groups is 1. The van der Waals surface area contributed by atoms with Crippen molar-refractivity contribution in [2.75, 3.05) is 0 Å². The van der Waals surface area contributed by atoms with E-state index in [4.69, 9.17) is 0 Å². The molecule has 1 aliphatic carbocycles. The lowest BCUT2D eigenvalue weighted by atomic mass is 9.85. The van der Waals surface area contributed by atoms with Crippen LogP contribution in [0.15, 0.2) is 62.6 Å². The SMILES string of the molecule is CC(C)CCc1cc(C=C2C(=O)C(C=C3C=C(CC(C)(C)C)SC(CC(C)(C)C)=C3)=C2O)cc(CCC(C)C)[s+]1. The van der Waals surface area contributed by atoms with Crippen LogP contribution in [0.3, 0.4) is 0 Å². The molecule has 2 heterocycles. The fourth-order valence-corrected chi connectivity index (χ4v) is 7.72. The van der Waals surface area contributed by atoms with Crippen molar-refractivity contribution >= 4 is 35.0 Å². The molecule has 1 aromatic rings. The van der Waals surface area contributed by atoms with Crippen LogP contribution in [0.1, 0.15) is 110 Å². The summed E-state index contributed by atoms with van der Waals surface area (Å²) in [7, 11) is 0. The molecule has 4 heteroatoms. The van der Waals surface area contributed by atoms with E-state index in [1.807, 2.05) is 35.3 Å². The Labute approximate surface area is 252 Å². The summed E-state index contributed by atoms with van der Waals surface area (Å²) in [5.41, 5.74) is 3.22. The number of allylic oxidation sites excluding steroid dienone is 8. The lowest BCUT2D eigenvalue weighted by molar-refractivity contribution is -0.113. The molecule has 0 radical (unpaired) electrons. The number of rotatable bonds is 10. The van der Waals surface area contributed by atoms with E-state index >= 15 is 0 Å². The summed E-state index contributed by atoms with van der Waals surface area (Å²) in [6.45, 7) is 22.6. The Balaban J connectivity index is 1.94. The van der Waals surface area contributed by atoms with Gasteiger partial charge in [0.15, 0.2) is 0 Å². The lowest BCUT2D eigenvalue weighted by Crippen LogP contribution is -2.21. The van der Waals surface area contributed by atoms with Crippen LogP contribution in [0, 0.1) is 22.7 Å². The van der Waals surface area contributed by atoms with Crippen LogP contribution < -0.4 is 0 Å². The summed E-state index contributed by atoms with van der Waals surface area (Å²) >= 11 is 3.76. The molecule has 0 aromatic carbocycles. The van der Waals surface area contributed by atoms with E-state index in [1.54, 1.807) is 0 Å². The first-order valence-electron chi connectivity index (χ1n) is 15.0. The van der Waals surface area contributed by atoms with Crippen LogP contribution in [-0.2, 0) is 17.6 Å². The number of aliphatic hydroxyl groups excluding tert-OH is 1. The van der Waals surface area contributed by atoms with Crippen molar-refractivity contribution in [1.29, 1.82) is 0 Å². The van der Waals surface area contributed by atoms with E-state index in [0.29, 0.717) is 23.0 Å². The van der Waals surface area contributed by atoms with Crippen molar-refractivity contribution in [3.8, 4) is 0 Å². The van der Waals surface area contributed by atoms with Crippen molar-refractivity contribution in [1.82, 2.24) is 0 Å². The van der Waals surface area contributed by atoms with E-state index in [-0.39, 0.29) is 22.4 Å². The first-order valence-corrected chi connectivity index (χ1v) is 16.6. The van der Waals surface area contributed by atoms with Gasteiger partial charge in [0, 0.05) is 25.0 Å². The van der Waals surface area contributed by atoms with Crippen LogP contribution in [0.2, 0.25) is 0 Å². The number of aryl methyl sites for hydroxylation is 2. The van der Waals surface area contributed by atoms with Gasteiger partial charge in [0.1, 0.15) is 5.76 Å². The second kappa shape index (κ2) is 13.4. The van der Waals surface area contributed by atoms with Gasteiger partial charge in [-0.15, -0.1) is 0 Å². The molecular formula is C36H51O2S2+. The first-order chi connectivity index (χ1) is 18.5. The average molecular weight is 580 g/mol. The Morgan fingerprint density at radius 2 is 1.30 bits per heavy atom. The maximum Gasteiger partial charge on any atom is 0.218 e. The predicted octanol–water partition coefficient (Wildman–Crippen LogP) is 11.3. The normalized spacial score (nSPS) is 17.6. The highest BCUT2D eigenvalue weighted by Gasteiger charge is 2.33. The third-order valence-electron chi connectivity index (χ3n) is 6.80. The number of carbonyl (C=O) groups excluding carboxylic acids is 1. The van der Waals surface area contributed by atoms with Gasteiger partial charge in [-0.05, 0) is 93.6 Å². The Hall–Kier alpha value is -1.91. The van der Waals surface area contributed by atoms with Crippen molar-refractivity contribution in [3.63, 3.8) is 0 Å². The molecule has 0 saturated heterocycles. The summed E-state index contributed by atoms with van der Waals surface area (Å²) in [6.07, 6.45) is 14.5. The van der Waals surface area contributed by atoms with Gasteiger partial charge in [-0.3, -0.25) is 4.79 Å². The van der Waals surface area contributed by atoms with E-state index in [1.165, 1.54) is 19.6 Å². The third kappa shape index (κ3) is 10.2. The summed E-state index contributed by atoms with van der Waals surface area (Å²) in [5, 5.41) is 11.0. The Kier molecular flexibility index (Phi) is 10.9. The topological polar surface area (TPSA) is 37.3 Å². The monoisotopic (exact) mass is 579 g/mol. The highest BCUT2D eigenvalue weighted by Crippen LogP contribution is 2.44. The smallest absolute Gasteiger partial charge is 0.218 e. The highest BCUT2D eigenvalue weighted by atomic mass is 32.2. The zero-order valence-corrected chi connectivity index (χ0v) is 28.2. The van der Waals surface area contributed by atoms with Crippen molar-refractivity contribution in [2.24, 2.45) is 22.7 Å². The Morgan fingerprint density at radius 1 is 0.825 bits per heavy atom. The summed E-state index contributed by atoms with van der Waals surface area (Å²) in [4.78, 5) is 18.6. The molecule has 0 amide bonds. The number of Topliss-reactive ketones (excluding diaryl/α,β-unsaturated/α-hetero) is 1. The number of ketones is 1.